The van der Waals surface area contributed by atoms with Crippen LogP contribution in [-0.4, -0.2) is 37.9 Å². The van der Waals surface area contributed by atoms with Gasteiger partial charge in [0.15, 0.2) is 0 Å². The summed E-state index contributed by atoms with van der Waals surface area (Å²) in [5.41, 5.74) is -0.0890. The molecule has 0 saturated heterocycles. The van der Waals surface area contributed by atoms with E-state index < -0.39 is 5.25 Å². The molecule has 4 aliphatic carbocycles. The van der Waals surface area contributed by atoms with Gasteiger partial charge in [-0.1, -0.05) is 18.7 Å². The second kappa shape index (κ2) is 7.45. The number of carbonyl (C=O) groups is 2. The van der Waals surface area contributed by atoms with E-state index in [2.05, 4.69) is 32.7 Å². The molecule has 1 aromatic rings. The van der Waals surface area contributed by atoms with E-state index >= 15 is 0 Å². The predicted molar refractivity (Wildman–Crippen MR) is 103 cm³/mol. The number of H-pyrrole nitrogens is 1. The number of hydrogen-bond donors (Lipinski definition) is 3. The predicted octanol–water partition coefficient (Wildman–Crippen LogP) is 3.03. The van der Waals surface area contributed by atoms with Crippen molar-refractivity contribution < 1.29 is 9.59 Å². The number of rotatable bonds is 6. The highest BCUT2D eigenvalue weighted by Gasteiger charge is 2.51. The first-order valence-electron chi connectivity index (χ1n) is 10.2. The van der Waals surface area contributed by atoms with E-state index in [9.17, 15) is 9.59 Å². The van der Waals surface area contributed by atoms with Gasteiger partial charge in [-0.05, 0) is 69.6 Å². The molecule has 1 atom stereocenters. The molecule has 4 fully saturated rings. The lowest BCUT2D eigenvalue weighted by Gasteiger charge is -2.56. The molecule has 1 unspecified atom stereocenters. The molecule has 5 rings (SSSR count). The van der Waals surface area contributed by atoms with Gasteiger partial charge in [-0.3, -0.25) is 15.2 Å². The number of nitrogens with zero attached hydrogens (tertiary/aromatic N) is 2. The first-order valence-corrected chi connectivity index (χ1v) is 11.0. The summed E-state index contributed by atoms with van der Waals surface area (Å²) in [4.78, 5) is 29.3. The lowest BCUT2D eigenvalue weighted by atomic mass is 9.53. The number of thioether (sulfide) groups is 1. The number of urea groups is 1. The zero-order valence-electron chi connectivity index (χ0n) is 16.1. The minimum Gasteiger partial charge on any atom is -0.332 e. The summed E-state index contributed by atoms with van der Waals surface area (Å²) in [7, 11) is 0. The molecular formula is C19H29N5O2S. The van der Waals surface area contributed by atoms with Crippen LogP contribution >= 0.6 is 11.8 Å². The van der Waals surface area contributed by atoms with Crippen molar-refractivity contribution in [3.05, 3.63) is 5.82 Å². The summed E-state index contributed by atoms with van der Waals surface area (Å²) >= 11 is 1.26. The largest absolute Gasteiger partial charge is 0.332 e. The Labute approximate surface area is 164 Å². The number of aromatic amines is 1. The van der Waals surface area contributed by atoms with Crippen molar-refractivity contribution in [2.45, 2.75) is 81.2 Å². The highest BCUT2D eigenvalue weighted by molar-refractivity contribution is 8.00. The first-order chi connectivity index (χ1) is 12.9. The van der Waals surface area contributed by atoms with E-state index in [0.717, 1.165) is 55.7 Å². The highest BCUT2D eigenvalue weighted by atomic mass is 32.2. The van der Waals surface area contributed by atoms with Crippen LogP contribution < -0.4 is 10.6 Å². The average Bonchev–Trinajstić information content (AvgIpc) is 3.00. The standard InChI is InChI=1S/C19H29N5O2S/c1-3-4-15-20-18(24-23-15)27-11(2)16(25)21-17(26)22-19-8-12-5-13(9-19)7-14(6-12)10-19/h11-14H,3-10H2,1-2H3,(H,20,23,24)(H2,21,22,25,26). The fraction of sp³-hybridized carbons (Fsp3) is 0.789. The van der Waals surface area contributed by atoms with Crippen LogP contribution in [0.4, 0.5) is 4.79 Å². The first kappa shape index (κ1) is 18.8. The summed E-state index contributed by atoms with van der Waals surface area (Å²) in [6.45, 7) is 3.85. The van der Waals surface area contributed by atoms with Crippen LogP contribution in [0.3, 0.4) is 0 Å². The van der Waals surface area contributed by atoms with Gasteiger partial charge in [0, 0.05) is 12.0 Å². The topological polar surface area (TPSA) is 99.8 Å². The fourth-order valence-corrected chi connectivity index (χ4v) is 6.38. The van der Waals surface area contributed by atoms with Gasteiger partial charge >= 0.3 is 6.03 Å². The van der Waals surface area contributed by atoms with E-state index in [1.165, 1.54) is 31.0 Å². The smallest absolute Gasteiger partial charge is 0.321 e. The molecule has 4 aliphatic rings. The molecule has 3 N–H and O–H groups in total. The minimum atomic E-state index is -0.433. The maximum Gasteiger partial charge on any atom is 0.321 e. The SMILES string of the molecule is CCCc1nc(SC(C)C(=O)NC(=O)NC23CC4CC(CC(C4)C2)C3)n[nH]1. The van der Waals surface area contributed by atoms with Crippen LogP contribution in [0.25, 0.3) is 0 Å². The van der Waals surface area contributed by atoms with E-state index in [1.807, 2.05) is 0 Å². The molecule has 4 bridgehead atoms. The number of hydrogen-bond acceptors (Lipinski definition) is 5. The number of amides is 3. The van der Waals surface area contributed by atoms with Crippen molar-refractivity contribution in [2.75, 3.05) is 0 Å². The molecule has 3 amide bonds. The monoisotopic (exact) mass is 391 g/mol. The normalized spacial score (nSPS) is 32.3. The quantitative estimate of drug-likeness (QED) is 0.647. The van der Waals surface area contributed by atoms with E-state index in [4.69, 9.17) is 0 Å². The van der Waals surface area contributed by atoms with Crippen LogP contribution in [0, 0.1) is 17.8 Å². The van der Waals surface area contributed by atoms with Crippen molar-refractivity contribution >= 4 is 23.7 Å². The van der Waals surface area contributed by atoms with Gasteiger partial charge < -0.3 is 5.32 Å². The number of carbonyl (C=O) groups excluding carboxylic acids is 2. The molecule has 0 aromatic carbocycles. The van der Waals surface area contributed by atoms with Crippen molar-refractivity contribution in [1.82, 2.24) is 25.8 Å². The summed E-state index contributed by atoms with van der Waals surface area (Å²) in [6, 6.07) is -0.351. The summed E-state index contributed by atoms with van der Waals surface area (Å²) in [5, 5.41) is 12.8. The highest BCUT2D eigenvalue weighted by Crippen LogP contribution is 2.55. The Kier molecular flexibility index (Phi) is 5.18. The molecule has 0 spiro atoms. The Morgan fingerprint density at radius 2 is 1.85 bits per heavy atom. The van der Waals surface area contributed by atoms with Gasteiger partial charge in [-0.2, -0.15) is 0 Å². The van der Waals surface area contributed by atoms with Gasteiger partial charge in [-0.15, -0.1) is 5.10 Å². The van der Waals surface area contributed by atoms with Crippen LogP contribution in [0.5, 0.6) is 0 Å². The van der Waals surface area contributed by atoms with Crippen molar-refractivity contribution in [3.63, 3.8) is 0 Å². The van der Waals surface area contributed by atoms with E-state index in [-0.39, 0.29) is 17.5 Å². The van der Waals surface area contributed by atoms with Crippen molar-refractivity contribution in [1.29, 1.82) is 0 Å². The Hall–Kier alpha value is -1.57. The lowest BCUT2D eigenvalue weighted by Crippen LogP contribution is -2.62. The summed E-state index contributed by atoms with van der Waals surface area (Å²) < 4.78 is 0. The zero-order valence-corrected chi connectivity index (χ0v) is 16.9. The summed E-state index contributed by atoms with van der Waals surface area (Å²) in [5.74, 6) is 2.79. The maximum atomic E-state index is 12.5. The van der Waals surface area contributed by atoms with Gasteiger partial charge in [0.25, 0.3) is 0 Å². The third-order valence-corrected chi connectivity index (χ3v) is 7.26. The van der Waals surface area contributed by atoms with Crippen LogP contribution in [-0.2, 0) is 11.2 Å². The summed E-state index contributed by atoms with van der Waals surface area (Å²) in [6.07, 6.45) is 9.01. The molecule has 7 nitrogen and oxygen atoms in total. The molecule has 0 radical (unpaired) electrons. The second-order valence-corrected chi connectivity index (χ2v) is 10.0. The van der Waals surface area contributed by atoms with Gasteiger partial charge in [0.05, 0.1) is 5.25 Å². The zero-order chi connectivity index (χ0) is 19.0. The third kappa shape index (κ3) is 4.15. The number of aryl methyl sites for hydroxylation is 1. The molecule has 1 aromatic heterocycles. The van der Waals surface area contributed by atoms with Gasteiger partial charge in [0.2, 0.25) is 11.1 Å². The number of aromatic nitrogens is 3. The molecule has 148 valence electrons. The van der Waals surface area contributed by atoms with E-state index in [1.54, 1.807) is 6.92 Å². The molecular weight excluding hydrogens is 362 g/mol. The molecule has 1 heterocycles. The molecule has 4 saturated carbocycles. The van der Waals surface area contributed by atoms with Crippen molar-refractivity contribution in [3.8, 4) is 0 Å². The minimum absolute atomic E-state index is 0.0890. The van der Waals surface area contributed by atoms with Crippen LogP contribution in [0.15, 0.2) is 5.16 Å². The van der Waals surface area contributed by atoms with Crippen molar-refractivity contribution in [2.24, 2.45) is 17.8 Å². The number of nitrogens with one attached hydrogen (secondary N) is 3. The third-order valence-electron chi connectivity index (χ3n) is 6.30. The van der Waals surface area contributed by atoms with Crippen LogP contribution in [0.1, 0.15) is 64.6 Å². The lowest BCUT2D eigenvalue weighted by molar-refractivity contribution is -0.119. The molecule has 8 heteroatoms. The molecule has 27 heavy (non-hydrogen) atoms. The molecule has 0 aliphatic heterocycles. The second-order valence-electron chi connectivity index (χ2n) is 8.72. The Morgan fingerprint density at radius 1 is 1.22 bits per heavy atom. The fourth-order valence-electron chi connectivity index (χ4n) is 5.64. The van der Waals surface area contributed by atoms with E-state index in [0.29, 0.717) is 5.16 Å². The van der Waals surface area contributed by atoms with Gasteiger partial charge in [0.1, 0.15) is 5.82 Å². The maximum absolute atomic E-state index is 12.5. The number of imide groups is 1. The Balaban J connectivity index is 1.29. The van der Waals surface area contributed by atoms with Gasteiger partial charge in [-0.25, -0.2) is 9.78 Å². The Morgan fingerprint density at radius 3 is 2.44 bits per heavy atom. The Bertz CT molecular complexity index is 683. The average molecular weight is 392 g/mol. The van der Waals surface area contributed by atoms with Crippen LogP contribution in [0.2, 0.25) is 0 Å².